The van der Waals surface area contributed by atoms with Crippen LogP contribution in [0.1, 0.15) is 10.7 Å². The van der Waals surface area contributed by atoms with E-state index in [0.717, 1.165) is 5.01 Å². The smallest absolute Gasteiger partial charge is 0.328 e. The lowest BCUT2D eigenvalue weighted by atomic mass is 10.2. The summed E-state index contributed by atoms with van der Waals surface area (Å²) < 4.78 is 0. The van der Waals surface area contributed by atoms with Crippen LogP contribution in [0.25, 0.3) is 0 Å². The molecule has 0 aromatic carbocycles. The van der Waals surface area contributed by atoms with Crippen LogP contribution in [-0.4, -0.2) is 39.7 Å². The highest BCUT2D eigenvalue weighted by molar-refractivity contribution is 7.09. The topological polar surface area (TPSA) is 99.5 Å². The molecule has 0 bridgehead atoms. The van der Waals surface area contributed by atoms with Crippen molar-refractivity contribution in [2.24, 2.45) is 0 Å². The average Bonchev–Trinajstić information content (AvgIpc) is 2.60. The Hall–Kier alpha value is -1.47. The maximum Gasteiger partial charge on any atom is 0.328 e. The molecule has 1 amide bonds. The fraction of sp³-hybridized carbons (Fsp3) is 0.444. The Labute approximate surface area is 95.9 Å². The third kappa shape index (κ3) is 3.59. The predicted molar refractivity (Wildman–Crippen MR) is 57.2 cm³/mol. The van der Waals surface area contributed by atoms with Crippen molar-refractivity contribution in [3.63, 3.8) is 0 Å². The lowest BCUT2D eigenvalue weighted by Crippen LogP contribution is -2.43. The summed E-state index contributed by atoms with van der Waals surface area (Å²) in [5.74, 6) is -1.72. The van der Waals surface area contributed by atoms with Crippen molar-refractivity contribution in [1.29, 1.82) is 0 Å². The molecular weight excluding hydrogens is 232 g/mol. The summed E-state index contributed by atoms with van der Waals surface area (Å²) in [6.07, 6.45) is 0.0219. The molecule has 1 heterocycles. The molecule has 7 heteroatoms. The highest BCUT2D eigenvalue weighted by Crippen LogP contribution is 2.08. The number of nitrogens with zero attached hydrogens (tertiary/aromatic N) is 1. The maximum atomic E-state index is 11.4. The van der Waals surface area contributed by atoms with E-state index in [2.05, 4.69) is 10.3 Å². The summed E-state index contributed by atoms with van der Waals surface area (Å²) in [5.41, 5.74) is 0.599. The van der Waals surface area contributed by atoms with E-state index in [9.17, 15) is 9.59 Å². The largest absolute Gasteiger partial charge is 0.480 e. The summed E-state index contributed by atoms with van der Waals surface area (Å²) in [6.45, 7) is 1.19. The number of carboxylic acid groups (broad SMARTS) is 1. The van der Waals surface area contributed by atoms with E-state index in [1.54, 1.807) is 5.38 Å². The van der Waals surface area contributed by atoms with E-state index in [-0.39, 0.29) is 6.42 Å². The minimum absolute atomic E-state index is 0.0219. The summed E-state index contributed by atoms with van der Waals surface area (Å²) >= 11 is 1.42. The molecule has 0 spiro atoms. The zero-order valence-corrected chi connectivity index (χ0v) is 9.45. The number of carbonyl (C=O) groups is 2. The number of aliphatic hydroxyl groups is 1. The normalized spacial score (nSPS) is 12.1. The van der Waals surface area contributed by atoms with Crippen LogP contribution in [0.4, 0.5) is 0 Å². The molecule has 6 nitrogen and oxygen atoms in total. The molecule has 88 valence electrons. The SMILES string of the molecule is Cc1nc(CC(=O)N[C@@H](CO)C(=O)O)cs1. The first-order valence-electron chi connectivity index (χ1n) is 4.57. The van der Waals surface area contributed by atoms with E-state index in [0.29, 0.717) is 5.69 Å². The number of carbonyl (C=O) groups excluding carboxylic acids is 1. The molecule has 0 saturated heterocycles. The van der Waals surface area contributed by atoms with Gasteiger partial charge >= 0.3 is 5.97 Å². The molecule has 0 aliphatic heterocycles. The van der Waals surface area contributed by atoms with Crippen molar-refractivity contribution in [2.75, 3.05) is 6.61 Å². The second-order valence-corrected chi connectivity index (χ2v) is 4.24. The van der Waals surface area contributed by atoms with Crippen molar-refractivity contribution in [1.82, 2.24) is 10.3 Å². The fourth-order valence-corrected chi connectivity index (χ4v) is 1.70. The summed E-state index contributed by atoms with van der Waals surface area (Å²) in [7, 11) is 0. The van der Waals surface area contributed by atoms with Gasteiger partial charge in [0.05, 0.1) is 23.7 Å². The van der Waals surface area contributed by atoms with E-state index in [1.165, 1.54) is 11.3 Å². The molecule has 0 unspecified atom stereocenters. The zero-order chi connectivity index (χ0) is 12.1. The molecule has 0 aliphatic carbocycles. The van der Waals surface area contributed by atoms with Gasteiger partial charge in [-0.1, -0.05) is 0 Å². The average molecular weight is 244 g/mol. The number of amides is 1. The third-order valence-corrected chi connectivity index (χ3v) is 2.65. The summed E-state index contributed by atoms with van der Waals surface area (Å²) in [5, 5.41) is 22.1. The molecule has 0 radical (unpaired) electrons. The van der Waals surface area contributed by atoms with Gasteiger partial charge in [0.15, 0.2) is 0 Å². The first kappa shape index (κ1) is 12.6. The van der Waals surface area contributed by atoms with Crippen LogP contribution in [0.3, 0.4) is 0 Å². The molecule has 0 aliphatic rings. The number of rotatable bonds is 5. The number of thiazole rings is 1. The number of aromatic nitrogens is 1. The second kappa shape index (κ2) is 5.57. The van der Waals surface area contributed by atoms with Crippen molar-refractivity contribution >= 4 is 23.2 Å². The van der Waals surface area contributed by atoms with Crippen LogP contribution >= 0.6 is 11.3 Å². The molecule has 0 saturated carbocycles. The lowest BCUT2D eigenvalue weighted by Gasteiger charge is -2.10. The minimum Gasteiger partial charge on any atom is -0.480 e. The second-order valence-electron chi connectivity index (χ2n) is 3.18. The van der Waals surface area contributed by atoms with Crippen LogP contribution < -0.4 is 5.32 Å². The van der Waals surface area contributed by atoms with Gasteiger partial charge in [-0.05, 0) is 6.92 Å². The Morgan fingerprint density at radius 1 is 1.62 bits per heavy atom. The monoisotopic (exact) mass is 244 g/mol. The van der Waals surface area contributed by atoms with Gasteiger partial charge in [-0.25, -0.2) is 9.78 Å². The number of aliphatic carboxylic acids is 1. The van der Waals surface area contributed by atoms with Gasteiger partial charge in [-0.15, -0.1) is 11.3 Å². The minimum atomic E-state index is -1.26. The summed E-state index contributed by atoms with van der Waals surface area (Å²) in [4.78, 5) is 26.0. The van der Waals surface area contributed by atoms with Gasteiger partial charge in [0.1, 0.15) is 6.04 Å². The van der Waals surface area contributed by atoms with Crippen LogP contribution in [0, 0.1) is 6.92 Å². The van der Waals surface area contributed by atoms with Crippen LogP contribution in [0.2, 0.25) is 0 Å². The molecule has 16 heavy (non-hydrogen) atoms. The number of hydrogen-bond acceptors (Lipinski definition) is 5. The van der Waals surface area contributed by atoms with Gasteiger partial charge < -0.3 is 15.5 Å². The number of nitrogens with one attached hydrogen (secondary N) is 1. The van der Waals surface area contributed by atoms with Gasteiger partial charge in [-0.3, -0.25) is 4.79 Å². The Balaban J connectivity index is 2.50. The molecule has 1 atom stereocenters. The standard InChI is InChI=1S/C9H12N2O4S/c1-5-10-6(4-16-5)2-8(13)11-7(3-12)9(14)15/h4,7,12H,2-3H2,1H3,(H,11,13)(H,14,15)/t7-/m0/s1. The van der Waals surface area contributed by atoms with Gasteiger partial charge in [0, 0.05) is 5.38 Å². The number of aliphatic hydroxyl groups excluding tert-OH is 1. The zero-order valence-electron chi connectivity index (χ0n) is 8.64. The quantitative estimate of drug-likeness (QED) is 0.652. The van der Waals surface area contributed by atoms with Gasteiger partial charge in [0.2, 0.25) is 5.91 Å². The maximum absolute atomic E-state index is 11.4. The summed E-state index contributed by atoms with van der Waals surface area (Å²) in [6, 6.07) is -1.26. The van der Waals surface area contributed by atoms with Crippen molar-refractivity contribution in [3.05, 3.63) is 16.1 Å². The molecule has 1 aromatic heterocycles. The number of aryl methyl sites for hydroxylation is 1. The number of carboxylic acids is 1. The van der Waals surface area contributed by atoms with Crippen molar-refractivity contribution in [2.45, 2.75) is 19.4 Å². The molecular formula is C9H12N2O4S. The van der Waals surface area contributed by atoms with Crippen LogP contribution in [-0.2, 0) is 16.0 Å². The fourth-order valence-electron chi connectivity index (χ4n) is 1.08. The Morgan fingerprint density at radius 2 is 2.31 bits per heavy atom. The third-order valence-electron chi connectivity index (χ3n) is 1.82. The van der Waals surface area contributed by atoms with E-state index in [1.807, 2.05) is 6.92 Å². The van der Waals surface area contributed by atoms with Crippen molar-refractivity contribution in [3.8, 4) is 0 Å². The number of hydrogen-bond donors (Lipinski definition) is 3. The Kier molecular flexibility index (Phi) is 4.39. The highest BCUT2D eigenvalue weighted by Gasteiger charge is 2.19. The molecule has 1 rings (SSSR count). The highest BCUT2D eigenvalue weighted by atomic mass is 32.1. The Morgan fingerprint density at radius 3 is 2.75 bits per heavy atom. The molecule has 3 N–H and O–H groups in total. The first-order chi connectivity index (χ1) is 7.52. The first-order valence-corrected chi connectivity index (χ1v) is 5.45. The van der Waals surface area contributed by atoms with E-state index >= 15 is 0 Å². The van der Waals surface area contributed by atoms with Gasteiger partial charge in [-0.2, -0.15) is 0 Å². The molecule has 1 aromatic rings. The van der Waals surface area contributed by atoms with Crippen LogP contribution in [0.15, 0.2) is 5.38 Å². The van der Waals surface area contributed by atoms with Crippen LogP contribution in [0.5, 0.6) is 0 Å². The predicted octanol–water partition coefficient (Wildman–Crippen LogP) is -0.444. The molecule has 0 fully saturated rings. The van der Waals surface area contributed by atoms with Crippen molar-refractivity contribution < 1.29 is 19.8 Å². The van der Waals surface area contributed by atoms with E-state index < -0.39 is 24.5 Å². The van der Waals surface area contributed by atoms with Gasteiger partial charge in [0.25, 0.3) is 0 Å². The lowest BCUT2D eigenvalue weighted by molar-refractivity contribution is -0.142. The Bertz CT molecular complexity index is 391. The van der Waals surface area contributed by atoms with E-state index in [4.69, 9.17) is 10.2 Å².